The molecule has 2 aromatic rings. The van der Waals surface area contributed by atoms with Gasteiger partial charge in [-0.2, -0.15) is 0 Å². The summed E-state index contributed by atoms with van der Waals surface area (Å²) in [5.41, 5.74) is 3.44. The first-order valence-corrected chi connectivity index (χ1v) is 8.14. The first-order valence-electron chi connectivity index (χ1n) is 8.14. The normalized spacial score (nSPS) is 19.8. The Kier molecular flexibility index (Phi) is 5.15. The maximum Gasteiger partial charge on any atom is 0.185 e. The summed E-state index contributed by atoms with van der Waals surface area (Å²) in [6.07, 6.45) is 3.63. The summed E-state index contributed by atoms with van der Waals surface area (Å²) < 4.78 is 38.0. The van der Waals surface area contributed by atoms with Crippen LogP contribution in [0.2, 0.25) is 0 Å². The van der Waals surface area contributed by atoms with Crippen LogP contribution in [0.4, 0.5) is 8.78 Å². The summed E-state index contributed by atoms with van der Waals surface area (Å²) >= 11 is 0. The van der Waals surface area contributed by atoms with Crippen molar-refractivity contribution in [2.24, 2.45) is 0 Å². The molecule has 1 aliphatic heterocycles. The summed E-state index contributed by atoms with van der Waals surface area (Å²) in [4.78, 5) is 5.53. The standard InChI is InChI=1S/C18H20F2N2O3/c1-3-5-12-8-17(24-21-12)16-9-18(2,25-22-16)11-23-10-13-14(19)6-4-7-15(13)20/h4,6-9,22H,3,5,10-11H2,1-2H3. The van der Waals surface area contributed by atoms with Crippen LogP contribution in [-0.4, -0.2) is 17.4 Å². The summed E-state index contributed by atoms with van der Waals surface area (Å²) in [7, 11) is 0. The van der Waals surface area contributed by atoms with E-state index in [-0.39, 0.29) is 18.8 Å². The van der Waals surface area contributed by atoms with Crippen LogP contribution in [0.25, 0.3) is 5.70 Å². The molecule has 0 bridgehead atoms. The van der Waals surface area contributed by atoms with Gasteiger partial charge in [0.1, 0.15) is 22.9 Å². The molecule has 1 N–H and O–H groups in total. The molecule has 0 fully saturated rings. The van der Waals surface area contributed by atoms with Crippen LogP contribution in [0, 0.1) is 11.6 Å². The van der Waals surface area contributed by atoms with Crippen LogP contribution in [0.1, 0.15) is 37.3 Å². The highest BCUT2D eigenvalue weighted by atomic mass is 19.1. The third-order valence-corrected chi connectivity index (χ3v) is 3.87. The van der Waals surface area contributed by atoms with Crippen molar-refractivity contribution in [3.63, 3.8) is 0 Å². The van der Waals surface area contributed by atoms with Gasteiger partial charge in [0, 0.05) is 11.6 Å². The topological polar surface area (TPSA) is 56.5 Å². The van der Waals surface area contributed by atoms with E-state index >= 15 is 0 Å². The molecule has 0 aliphatic carbocycles. The lowest BCUT2D eigenvalue weighted by molar-refractivity contribution is -0.0776. The van der Waals surface area contributed by atoms with Crippen LogP contribution in [0.3, 0.4) is 0 Å². The molecule has 0 saturated heterocycles. The van der Waals surface area contributed by atoms with Gasteiger partial charge in [-0.25, -0.2) is 8.78 Å². The van der Waals surface area contributed by atoms with Crippen molar-refractivity contribution in [2.45, 2.75) is 38.9 Å². The average molecular weight is 350 g/mol. The first-order chi connectivity index (χ1) is 12.0. The van der Waals surface area contributed by atoms with E-state index in [4.69, 9.17) is 14.1 Å². The SMILES string of the molecule is CCCc1cc(C2=CC(C)(COCc3c(F)cccc3F)ON2)on1. The molecule has 0 saturated carbocycles. The average Bonchev–Trinajstić information content (AvgIpc) is 3.18. The molecular formula is C18H20F2N2O3. The number of halogens is 2. The minimum atomic E-state index is -0.783. The van der Waals surface area contributed by atoms with E-state index in [2.05, 4.69) is 17.6 Å². The van der Waals surface area contributed by atoms with E-state index in [9.17, 15) is 8.78 Å². The van der Waals surface area contributed by atoms with Gasteiger partial charge in [0.05, 0.1) is 18.9 Å². The summed E-state index contributed by atoms with van der Waals surface area (Å²) in [5, 5.41) is 3.99. The van der Waals surface area contributed by atoms with Gasteiger partial charge in [-0.15, -0.1) is 0 Å². The zero-order chi connectivity index (χ0) is 17.9. The molecular weight excluding hydrogens is 330 g/mol. The van der Waals surface area contributed by atoms with Crippen molar-refractivity contribution >= 4 is 5.70 Å². The summed E-state index contributed by atoms with van der Waals surface area (Å²) in [6, 6.07) is 5.57. The number of nitrogens with zero attached hydrogens (tertiary/aromatic N) is 1. The third kappa shape index (κ3) is 4.05. The molecule has 5 nitrogen and oxygen atoms in total. The number of hydrogen-bond donors (Lipinski definition) is 1. The van der Waals surface area contributed by atoms with Crippen molar-refractivity contribution in [2.75, 3.05) is 6.61 Å². The Morgan fingerprint density at radius 1 is 1.28 bits per heavy atom. The minimum absolute atomic E-state index is 0.0966. The zero-order valence-electron chi connectivity index (χ0n) is 14.1. The quantitative estimate of drug-likeness (QED) is 0.824. The van der Waals surface area contributed by atoms with Crippen molar-refractivity contribution in [1.29, 1.82) is 0 Å². The Labute approximate surface area is 144 Å². The fourth-order valence-electron chi connectivity index (χ4n) is 2.57. The highest BCUT2D eigenvalue weighted by Gasteiger charge is 2.32. The highest BCUT2D eigenvalue weighted by molar-refractivity contribution is 5.61. The van der Waals surface area contributed by atoms with Gasteiger partial charge in [0.15, 0.2) is 5.76 Å². The van der Waals surface area contributed by atoms with Gasteiger partial charge in [-0.3, -0.25) is 10.3 Å². The Hall–Kier alpha value is -2.25. The van der Waals surface area contributed by atoms with E-state index in [0.29, 0.717) is 11.5 Å². The van der Waals surface area contributed by atoms with Crippen molar-refractivity contribution in [3.8, 4) is 0 Å². The molecule has 1 aromatic carbocycles. The third-order valence-electron chi connectivity index (χ3n) is 3.87. The van der Waals surface area contributed by atoms with Crippen molar-refractivity contribution in [1.82, 2.24) is 10.6 Å². The lowest BCUT2D eigenvalue weighted by Crippen LogP contribution is -2.31. The monoisotopic (exact) mass is 350 g/mol. The van der Waals surface area contributed by atoms with E-state index < -0.39 is 17.2 Å². The van der Waals surface area contributed by atoms with Crippen molar-refractivity contribution < 1.29 is 22.9 Å². The number of ether oxygens (including phenoxy) is 1. The van der Waals surface area contributed by atoms with Crippen molar-refractivity contribution in [3.05, 3.63) is 59.0 Å². The van der Waals surface area contributed by atoms with E-state index in [0.717, 1.165) is 18.5 Å². The van der Waals surface area contributed by atoms with E-state index in [1.54, 1.807) is 13.0 Å². The summed E-state index contributed by atoms with van der Waals surface area (Å²) in [5.74, 6) is -0.679. The highest BCUT2D eigenvalue weighted by Crippen LogP contribution is 2.27. The fourth-order valence-corrected chi connectivity index (χ4v) is 2.57. The van der Waals surface area contributed by atoms with E-state index in [1.807, 2.05) is 6.07 Å². The van der Waals surface area contributed by atoms with Gasteiger partial charge in [0.25, 0.3) is 0 Å². The fraction of sp³-hybridized carbons (Fsp3) is 0.389. The second-order valence-corrected chi connectivity index (χ2v) is 6.20. The lowest BCUT2D eigenvalue weighted by atomic mass is 10.1. The Morgan fingerprint density at radius 3 is 2.76 bits per heavy atom. The second kappa shape index (κ2) is 7.33. The van der Waals surface area contributed by atoms with Gasteiger partial charge in [-0.1, -0.05) is 24.6 Å². The van der Waals surface area contributed by atoms with E-state index in [1.165, 1.54) is 18.2 Å². The number of nitrogens with one attached hydrogen (secondary N) is 1. The predicted octanol–water partition coefficient (Wildman–Crippen LogP) is 3.76. The zero-order valence-corrected chi connectivity index (χ0v) is 14.1. The molecule has 134 valence electrons. The molecule has 1 aromatic heterocycles. The second-order valence-electron chi connectivity index (χ2n) is 6.20. The molecule has 2 heterocycles. The van der Waals surface area contributed by atoms with Gasteiger partial charge >= 0.3 is 0 Å². The lowest BCUT2D eigenvalue weighted by Gasteiger charge is -2.20. The van der Waals surface area contributed by atoms with Crippen LogP contribution < -0.4 is 5.48 Å². The molecule has 1 atom stereocenters. The van der Waals surface area contributed by atoms with Crippen LogP contribution >= 0.6 is 0 Å². The number of hydrogen-bond acceptors (Lipinski definition) is 5. The number of hydroxylamine groups is 1. The molecule has 3 rings (SSSR count). The minimum Gasteiger partial charge on any atom is -0.373 e. The molecule has 1 aliphatic rings. The van der Waals surface area contributed by atoms with Gasteiger partial charge in [0.2, 0.25) is 0 Å². The maximum atomic E-state index is 13.6. The number of aryl methyl sites for hydroxylation is 1. The largest absolute Gasteiger partial charge is 0.373 e. The van der Waals surface area contributed by atoms with Crippen LogP contribution in [0.15, 0.2) is 34.9 Å². The maximum absolute atomic E-state index is 13.6. The molecule has 7 heteroatoms. The van der Waals surface area contributed by atoms with Crippen LogP contribution in [0.5, 0.6) is 0 Å². The molecule has 0 spiro atoms. The number of aromatic nitrogens is 1. The Balaban J connectivity index is 1.61. The number of rotatable bonds is 7. The first kappa shape index (κ1) is 17.6. The predicted molar refractivity (Wildman–Crippen MR) is 87.1 cm³/mol. The Bertz CT molecular complexity index is 755. The molecule has 1 unspecified atom stereocenters. The number of benzene rings is 1. The van der Waals surface area contributed by atoms with Crippen LogP contribution in [-0.2, 0) is 22.6 Å². The van der Waals surface area contributed by atoms with Gasteiger partial charge in [-0.05, 0) is 31.6 Å². The van der Waals surface area contributed by atoms with Gasteiger partial charge < -0.3 is 9.26 Å². The smallest absolute Gasteiger partial charge is 0.185 e. The molecule has 25 heavy (non-hydrogen) atoms. The summed E-state index contributed by atoms with van der Waals surface area (Å²) in [6.45, 7) is 3.81. The molecule has 0 radical (unpaired) electrons. The Morgan fingerprint density at radius 2 is 2.04 bits per heavy atom. The molecule has 0 amide bonds.